The Morgan fingerprint density at radius 1 is 0.897 bits per heavy atom. The fraction of sp³-hybridized carbons (Fsp3) is 0.312. The van der Waals surface area contributed by atoms with Crippen molar-refractivity contribution in [1.29, 1.82) is 0 Å². The number of carbonyl (C=O) groups excluding carboxylic acids is 2. The van der Waals surface area contributed by atoms with Crippen LogP contribution in [0, 0.1) is 0 Å². The van der Waals surface area contributed by atoms with Gasteiger partial charge in [0.05, 0.1) is 32.4 Å². The van der Waals surface area contributed by atoms with Crippen LogP contribution < -0.4 is 14.2 Å². The third-order valence-corrected chi connectivity index (χ3v) is 6.89. The number of hydrogen-bond acceptors (Lipinski definition) is 6. The van der Waals surface area contributed by atoms with E-state index < -0.39 is 17.7 Å². The Balaban J connectivity index is 1.63. The van der Waals surface area contributed by atoms with Crippen molar-refractivity contribution in [2.45, 2.75) is 38.6 Å². The third kappa shape index (κ3) is 6.25. The van der Waals surface area contributed by atoms with Crippen molar-refractivity contribution >= 4 is 17.4 Å². The highest BCUT2D eigenvalue weighted by Crippen LogP contribution is 2.39. The topological polar surface area (TPSA) is 85.3 Å². The van der Waals surface area contributed by atoms with Crippen molar-refractivity contribution in [2.75, 3.05) is 27.4 Å². The van der Waals surface area contributed by atoms with E-state index in [0.29, 0.717) is 35.8 Å². The molecular formula is C32H35NO6. The van der Waals surface area contributed by atoms with E-state index in [2.05, 4.69) is 6.92 Å². The van der Waals surface area contributed by atoms with Crippen molar-refractivity contribution in [3.8, 4) is 17.2 Å². The summed E-state index contributed by atoms with van der Waals surface area (Å²) >= 11 is 0. The van der Waals surface area contributed by atoms with Crippen LogP contribution in [-0.4, -0.2) is 49.1 Å². The number of hydrogen-bond donors (Lipinski definition) is 1. The lowest BCUT2D eigenvalue weighted by atomic mass is 9.95. The number of benzene rings is 3. The number of likely N-dealkylation sites (tertiary alicyclic amines) is 1. The first-order valence-electron chi connectivity index (χ1n) is 13.3. The standard InChI is InChI=1S/C32H35NO6/c1-4-5-9-20-39-25-15-13-24(14-16-25)30(34)28-29(23-10-7-6-8-11-23)33(32(36)31(28)35)19-18-22-12-17-26(37-2)27(21-22)38-3/h6-8,10-17,21,29,34H,4-5,9,18-20H2,1-3H3/b30-28+. The fourth-order valence-corrected chi connectivity index (χ4v) is 4.78. The van der Waals surface area contributed by atoms with Gasteiger partial charge in [-0.25, -0.2) is 0 Å². The zero-order valence-corrected chi connectivity index (χ0v) is 22.7. The van der Waals surface area contributed by atoms with Gasteiger partial charge in [-0.3, -0.25) is 9.59 Å². The van der Waals surface area contributed by atoms with Crippen molar-refractivity contribution < 1.29 is 28.9 Å². The number of amides is 1. The molecule has 1 heterocycles. The number of nitrogens with zero attached hydrogens (tertiary/aromatic N) is 1. The van der Waals surface area contributed by atoms with E-state index in [4.69, 9.17) is 14.2 Å². The Hall–Kier alpha value is -4.26. The number of aliphatic hydroxyl groups is 1. The fourth-order valence-electron chi connectivity index (χ4n) is 4.78. The minimum atomic E-state index is -0.712. The highest BCUT2D eigenvalue weighted by atomic mass is 16.5. The van der Waals surface area contributed by atoms with Gasteiger partial charge in [-0.1, -0.05) is 56.2 Å². The van der Waals surface area contributed by atoms with Crippen LogP contribution in [0.2, 0.25) is 0 Å². The van der Waals surface area contributed by atoms with Gasteiger partial charge in [0, 0.05) is 12.1 Å². The lowest BCUT2D eigenvalue weighted by Crippen LogP contribution is -2.31. The Morgan fingerprint density at radius 2 is 1.62 bits per heavy atom. The maximum absolute atomic E-state index is 13.3. The number of aliphatic hydroxyl groups excluding tert-OH is 1. The first-order valence-corrected chi connectivity index (χ1v) is 13.3. The summed E-state index contributed by atoms with van der Waals surface area (Å²) in [5, 5.41) is 11.3. The van der Waals surface area contributed by atoms with Crippen LogP contribution in [0.4, 0.5) is 0 Å². The molecule has 0 saturated carbocycles. The zero-order chi connectivity index (χ0) is 27.8. The number of methoxy groups -OCH3 is 2. The molecule has 7 heteroatoms. The minimum absolute atomic E-state index is 0.0788. The molecule has 39 heavy (non-hydrogen) atoms. The molecule has 1 saturated heterocycles. The van der Waals surface area contributed by atoms with Crippen LogP contribution in [0.25, 0.3) is 5.76 Å². The molecule has 0 bridgehead atoms. The van der Waals surface area contributed by atoms with Gasteiger partial charge < -0.3 is 24.2 Å². The maximum Gasteiger partial charge on any atom is 0.295 e. The molecule has 0 aromatic heterocycles. The van der Waals surface area contributed by atoms with Gasteiger partial charge >= 0.3 is 0 Å². The van der Waals surface area contributed by atoms with Gasteiger partial charge in [-0.05, 0) is 60.4 Å². The molecule has 204 valence electrons. The SMILES string of the molecule is CCCCCOc1ccc(/C(O)=C2\C(=O)C(=O)N(CCc3ccc(OC)c(OC)c3)C2c2ccccc2)cc1. The average molecular weight is 530 g/mol. The summed E-state index contributed by atoms with van der Waals surface area (Å²) in [6, 6.07) is 21.1. The molecule has 4 rings (SSSR count). The van der Waals surface area contributed by atoms with Gasteiger partial charge in [0.15, 0.2) is 11.5 Å². The molecule has 0 spiro atoms. The molecular weight excluding hydrogens is 494 g/mol. The first kappa shape index (κ1) is 27.8. The monoisotopic (exact) mass is 529 g/mol. The summed E-state index contributed by atoms with van der Waals surface area (Å²) in [6.07, 6.45) is 3.68. The quantitative estimate of drug-likeness (QED) is 0.135. The average Bonchev–Trinajstić information content (AvgIpc) is 3.23. The first-order chi connectivity index (χ1) is 19.0. The molecule has 1 aliphatic heterocycles. The zero-order valence-electron chi connectivity index (χ0n) is 22.7. The molecule has 0 radical (unpaired) electrons. The van der Waals surface area contributed by atoms with Gasteiger partial charge in [-0.15, -0.1) is 0 Å². The Kier molecular flexibility index (Phi) is 9.26. The molecule has 1 fully saturated rings. The van der Waals surface area contributed by atoms with E-state index in [1.54, 1.807) is 38.5 Å². The van der Waals surface area contributed by atoms with E-state index >= 15 is 0 Å². The van der Waals surface area contributed by atoms with E-state index in [9.17, 15) is 14.7 Å². The molecule has 1 N–H and O–H groups in total. The van der Waals surface area contributed by atoms with Crippen molar-refractivity contribution in [2.24, 2.45) is 0 Å². The molecule has 0 aliphatic carbocycles. The number of carbonyl (C=O) groups is 2. The summed E-state index contributed by atoms with van der Waals surface area (Å²) in [5.41, 5.74) is 2.21. The number of Topliss-reactive ketones (excluding diaryl/α,β-unsaturated/α-hetero) is 1. The van der Waals surface area contributed by atoms with Crippen LogP contribution in [0.15, 0.2) is 78.4 Å². The normalized spacial score (nSPS) is 16.4. The molecule has 1 atom stereocenters. The molecule has 1 amide bonds. The molecule has 7 nitrogen and oxygen atoms in total. The van der Waals surface area contributed by atoms with E-state index in [-0.39, 0.29) is 17.9 Å². The lowest BCUT2D eigenvalue weighted by Gasteiger charge is -2.25. The maximum atomic E-state index is 13.3. The summed E-state index contributed by atoms with van der Waals surface area (Å²) in [6.45, 7) is 3.04. The predicted molar refractivity (Wildman–Crippen MR) is 150 cm³/mol. The lowest BCUT2D eigenvalue weighted by molar-refractivity contribution is -0.139. The second-order valence-electron chi connectivity index (χ2n) is 9.42. The Labute approximate surface area is 229 Å². The van der Waals surface area contributed by atoms with Gasteiger partial charge in [0.2, 0.25) is 0 Å². The van der Waals surface area contributed by atoms with Gasteiger partial charge in [-0.2, -0.15) is 0 Å². The summed E-state index contributed by atoms with van der Waals surface area (Å²) in [4.78, 5) is 28.1. The molecule has 3 aromatic rings. The van der Waals surface area contributed by atoms with Crippen LogP contribution in [0.5, 0.6) is 17.2 Å². The predicted octanol–water partition coefficient (Wildman–Crippen LogP) is 5.94. The van der Waals surface area contributed by atoms with Crippen LogP contribution >= 0.6 is 0 Å². The number of unbranched alkanes of at least 4 members (excludes halogenated alkanes) is 2. The Bertz CT molecular complexity index is 1320. The van der Waals surface area contributed by atoms with E-state index in [1.165, 1.54) is 4.90 Å². The summed E-state index contributed by atoms with van der Waals surface area (Å²) in [7, 11) is 3.14. The van der Waals surface area contributed by atoms with Crippen molar-refractivity contribution in [1.82, 2.24) is 4.90 Å². The highest BCUT2D eigenvalue weighted by molar-refractivity contribution is 6.46. The molecule has 1 unspecified atom stereocenters. The molecule has 3 aromatic carbocycles. The number of ketones is 1. The van der Waals surface area contributed by atoms with E-state index in [1.807, 2.05) is 48.5 Å². The summed E-state index contributed by atoms with van der Waals surface area (Å²) in [5.74, 6) is 0.360. The van der Waals surface area contributed by atoms with Crippen molar-refractivity contribution in [3.05, 3.63) is 95.1 Å². The molecule has 1 aliphatic rings. The van der Waals surface area contributed by atoms with E-state index in [0.717, 1.165) is 30.4 Å². The van der Waals surface area contributed by atoms with Gasteiger partial charge in [0.1, 0.15) is 11.5 Å². The number of rotatable bonds is 12. The second-order valence-corrected chi connectivity index (χ2v) is 9.42. The Morgan fingerprint density at radius 3 is 2.28 bits per heavy atom. The minimum Gasteiger partial charge on any atom is -0.507 e. The smallest absolute Gasteiger partial charge is 0.295 e. The van der Waals surface area contributed by atoms with Crippen LogP contribution in [0.3, 0.4) is 0 Å². The number of ether oxygens (including phenoxy) is 3. The highest BCUT2D eigenvalue weighted by Gasteiger charge is 2.45. The van der Waals surface area contributed by atoms with Crippen LogP contribution in [0.1, 0.15) is 48.9 Å². The van der Waals surface area contributed by atoms with Gasteiger partial charge in [0.25, 0.3) is 11.7 Å². The largest absolute Gasteiger partial charge is 0.507 e. The summed E-state index contributed by atoms with van der Waals surface area (Å²) < 4.78 is 16.5. The van der Waals surface area contributed by atoms with Crippen molar-refractivity contribution in [3.63, 3.8) is 0 Å². The second kappa shape index (κ2) is 13.0. The third-order valence-electron chi connectivity index (χ3n) is 6.89. The van der Waals surface area contributed by atoms with Crippen LogP contribution in [-0.2, 0) is 16.0 Å².